The van der Waals surface area contributed by atoms with Gasteiger partial charge in [-0.2, -0.15) is 0 Å². The number of hydrogen-bond donors (Lipinski definition) is 0. The molecule has 1 amide bonds. The number of carbonyl (C=O) groups is 1. The monoisotopic (exact) mass is 384 g/mol. The highest BCUT2D eigenvalue weighted by atomic mass is 32.1. The summed E-state index contributed by atoms with van der Waals surface area (Å²) in [6, 6.07) is 10.3. The van der Waals surface area contributed by atoms with Gasteiger partial charge in [0.15, 0.2) is 0 Å². The van der Waals surface area contributed by atoms with Crippen LogP contribution < -0.4 is 0 Å². The molecule has 1 fully saturated rings. The van der Waals surface area contributed by atoms with Crippen molar-refractivity contribution in [1.82, 2.24) is 19.7 Å². The summed E-state index contributed by atoms with van der Waals surface area (Å²) in [6.45, 7) is 7.01. The second-order valence-corrected chi connectivity index (χ2v) is 8.25. The van der Waals surface area contributed by atoms with E-state index in [-0.39, 0.29) is 5.91 Å². The zero-order valence-corrected chi connectivity index (χ0v) is 17.2. The van der Waals surface area contributed by atoms with Gasteiger partial charge in [-0.15, -0.1) is 11.3 Å². The number of benzene rings is 1. The lowest BCUT2D eigenvalue weighted by Crippen LogP contribution is -2.48. The molecular formula is C21H28N4OS. The normalized spacial score (nSPS) is 15.8. The van der Waals surface area contributed by atoms with Crippen molar-refractivity contribution in [3.8, 4) is 0 Å². The van der Waals surface area contributed by atoms with Crippen molar-refractivity contribution < 1.29 is 4.79 Å². The highest BCUT2D eigenvalue weighted by Gasteiger charge is 2.25. The van der Waals surface area contributed by atoms with E-state index in [4.69, 9.17) is 0 Å². The van der Waals surface area contributed by atoms with Crippen LogP contribution in [0.2, 0.25) is 0 Å². The maximum Gasteiger partial charge on any atom is 0.265 e. The Morgan fingerprint density at radius 1 is 1.19 bits per heavy atom. The Kier molecular flexibility index (Phi) is 6.77. The van der Waals surface area contributed by atoms with Gasteiger partial charge in [-0.1, -0.05) is 42.5 Å². The third-order valence-electron chi connectivity index (χ3n) is 4.62. The van der Waals surface area contributed by atoms with Gasteiger partial charge in [0.1, 0.15) is 9.88 Å². The Morgan fingerprint density at radius 3 is 2.56 bits per heavy atom. The van der Waals surface area contributed by atoms with Crippen molar-refractivity contribution >= 4 is 23.3 Å². The minimum absolute atomic E-state index is 0.134. The molecule has 2 heterocycles. The van der Waals surface area contributed by atoms with E-state index in [1.165, 1.54) is 16.9 Å². The SMILES string of the molecule is Cc1nc(CN(C)C)sc1C(=O)N1CCN(C/C=C/c2ccccc2)CC1. The summed E-state index contributed by atoms with van der Waals surface area (Å²) in [5.74, 6) is 0.134. The van der Waals surface area contributed by atoms with Gasteiger partial charge in [0, 0.05) is 39.3 Å². The first kappa shape index (κ1) is 19.7. The molecule has 0 atom stereocenters. The highest BCUT2D eigenvalue weighted by molar-refractivity contribution is 7.13. The molecule has 2 aromatic rings. The number of rotatable bonds is 6. The van der Waals surface area contributed by atoms with Gasteiger partial charge < -0.3 is 9.80 Å². The second-order valence-electron chi connectivity index (χ2n) is 7.17. The van der Waals surface area contributed by atoms with Gasteiger partial charge in [0.25, 0.3) is 5.91 Å². The van der Waals surface area contributed by atoms with Gasteiger partial charge in [0.05, 0.1) is 5.69 Å². The lowest BCUT2D eigenvalue weighted by Gasteiger charge is -2.34. The molecule has 1 aromatic carbocycles. The number of carbonyl (C=O) groups excluding carboxylic acids is 1. The molecule has 6 heteroatoms. The van der Waals surface area contributed by atoms with E-state index in [9.17, 15) is 4.79 Å². The molecule has 0 N–H and O–H groups in total. The lowest BCUT2D eigenvalue weighted by molar-refractivity contribution is 0.0654. The largest absolute Gasteiger partial charge is 0.335 e. The van der Waals surface area contributed by atoms with Crippen molar-refractivity contribution in [3.05, 3.63) is 57.6 Å². The van der Waals surface area contributed by atoms with Crippen LogP contribution in [0.1, 0.15) is 25.9 Å². The number of hydrogen-bond acceptors (Lipinski definition) is 5. The van der Waals surface area contributed by atoms with E-state index in [0.717, 1.165) is 54.8 Å². The molecule has 1 saturated heterocycles. The van der Waals surface area contributed by atoms with E-state index in [2.05, 4.69) is 51.2 Å². The van der Waals surface area contributed by atoms with Gasteiger partial charge >= 0.3 is 0 Å². The number of amides is 1. The van der Waals surface area contributed by atoms with E-state index < -0.39 is 0 Å². The molecule has 1 aliphatic heterocycles. The first-order valence-electron chi connectivity index (χ1n) is 9.37. The molecule has 0 radical (unpaired) electrons. The van der Waals surface area contributed by atoms with Crippen molar-refractivity contribution in [2.45, 2.75) is 13.5 Å². The van der Waals surface area contributed by atoms with Crippen LogP contribution in [0.3, 0.4) is 0 Å². The standard InChI is InChI=1S/C21H28N4OS/c1-17-20(27-19(22-17)16-23(2)3)21(26)25-14-12-24(13-15-25)11-7-10-18-8-5-4-6-9-18/h4-10H,11-16H2,1-3H3/b10-7+. The Balaban J connectivity index is 1.51. The van der Waals surface area contributed by atoms with E-state index >= 15 is 0 Å². The van der Waals surface area contributed by atoms with Crippen LogP contribution in [0, 0.1) is 6.92 Å². The summed E-state index contributed by atoms with van der Waals surface area (Å²) in [5.41, 5.74) is 2.08. The summed E-state index contributed by atoms with van der Waals surface area (Å²) in [5, 5.41) is 1.01. The first-order valence-corrected chi connectivity index (χ1v) is 10.2. The van der Waals surface area contributed by atoms with Crippen molar-refractivity contribution in [2.24, 2.45) is 0 Å². The van der Waals surface area contributed by atoms with Gasteiger partial charge in [0.2, 0.25) is 0 Å². The fourth-order valence-electron chi connectivity index (χ4n) is 3.17. The molecule has 3 rings (SSSR count). The Hall–Kier alpha value is -2.02. The minimum Gasteiger partial charge on any atom is -0.335 e. The van der Waals surface area contributed by atoms with Gasteiger partial charge in [-0.25, -0.2) is 4.98 Å². The van der Waals surface area contributed by atoms with Crippen LogP contribution >= 0.6 is 11.3 Å². The molecule has 1 aliphatic rings. The fraction of sp³-hybridized carbons (Fsp3) is 0.429. The van der Waals surface area contributed by atoms with Crippen LogP contribution in [0.25, 0.3) is 6.08 Å². The highest BCUT2D eigenvalue weighted by Crippen LogP contribution is 2.21. The molecule has 0 aliphatic carbocycles. The van der Waals surface area contributed by atoms with Crippen LogP contribution in [-0.2, 0) is 6.54 Å². The quantitative estimate of drug-likeness (QED) is 0.768. The molecule has 0 saturated carbocycles. The molecule has 5 nitrogen and oxygen atoms in total. The first-order chi connectivity index (χ1) is 13.0. The summed E-state index contributed by atoms with van der Waals surface area (Å²) in [4.78, 5) is 24.7. The maximum absolute atomic E-state index is 12.9. The average Bonchev–Trinajstić information content (AvgIpc) is 3.02. The summed E-state index contributed by atoms with van der Waals surface area (Å²) in [7, 11) is 4.04. The topological polar surface area (TPSA) is 39.7 Å². The average molecular weight is 385 g/mol. The zero-order valence-electron chi connectivity index (χ0n) is 16.4. The maximum atomic E-state index is 12.9. The van der Waals surface area contributed by atoms with Crippen molar-refractivity contribution in [3.63, 3.8) is 0 Å². The third kappa shape index (κ3) is 5.48. The fourth-order valence-corrected chi connectivity index (χ4v) is 4.32. The van der Waals surface area contributed by atoms with Gasteiger partial charge in [-0.05, 0) is 26.6 Å². The number of aryl methyl sites for hydroxylation is 1. The predicted molar refractivity (Wildman–Crippen MR) is 112 cm³/mol. The van der Waals surface area contributed by atoms with Crippen LogP contribution in [0.5, 0.6) is 0 Å². The molecule has 27 heavy (non-hydrogen) atoms. The van der Waals surface area contributed by atoms with E-state index in [1.54, 1.807) is 0 Å². The summed E-state index contributed by atoms with van der Waals surface area (Å²) >= 11 is 1.53. The summed E-state index contributed by atoms with van der Waals surface area (Å²) in [6.07, 6.45) is 4.36. The smallest absolute Gasteiger partial charge is 0.265 e. The molecule has 0 unspecified atom stereocenters. The van der Waals surface area contributed by atoms with Crippen LogP contribution in [0.4, 0.5) is 0 Å². The molecule has 0 spiro atoms. The lowest BCUT2D eigenvalue weighted by atomic mass is 10.2. The zero-order chi connectivity index (χ0) is 19.2. The number of nitrogens with zero attached hydrogens (tertiary/aromatic N) is 4. The Morgan fingerprint density at radius 2 is 1.89 bits per heavy atom. The molecule has 144 valence electrons. The van der Waals surface area contributed by atoms with E-state index in [0.29, 0.717) is 0 Å². The third-order valence-corrected chi connectivity index (χ3v) is 5.75. The molecule has 1 aromatic heterocycles. The van der Waals surface area contributed by atoms with Gasteiger partial charge in [-0.3, -0.25) is 9.69 Å². The molecule has 0 bridgehead atoms. The number of aromatic nitrogens is 1. The predicted octanol–water partition coefficient (Wildman–Crippen LogP) is 2.98. The van der Waals surface area contributed by atoms with Crippen molar-refractivity contribution in [2.75, 3.05) is 46.8 Å². The second kappa shape index (κ2) is 9.26. The number of thiazole rings is 1. The van der Waals surface area contributed by atoms with Crippen LogP contribution in [-0.4, -0.2) is 72.4 Å². The van der Waals surface area contributed by atoms with Crippen molar-refractivity contribution in [1.29, 1.82) is 0 Å². The number of piperazine rings is 1. The van der Waals surface area contributed by atoms with Crippen LogP contribution in [0.15, 0.2) is 36.4 Å². The Labute approximate surface area is 165 Å². The summed E-state index contributed by atoms with van der Waals surface area (Å²) < 4.78 is 0. The van der Waals surface area contributed by atoms with E-state index in [1.807, 2.05) is 32.0 Å². The minimum atomic E-state index is 0.134. The molecular weight excluding hydrogens is 356 g/mol. The Bertz CT molecular complexity index is 777.